The van der Waals surface area contributed by atoms with Gasteiger partial charge in [0.25, 0.3) is 0 Å². The van der Waals surface area contributed by atoms with E-state index < -0.39 is 47.9 Å². The molecule has 0 saturated carbocycles. The molecular formula is C59H109NO14. The van der Waals surface area contributed by atoms with Gasteiger partial charge in [0, 0.05) is 31.1 Å². The van der Waals surface area contributed by atoms with Crippen LogP contribution < -0.4 is 0 Å². The normalized spacial score (nSPS) is 14.0. The molecule has 434 valence electrons. The number of nitrogens with zero attached hydrogens (tertiary/aromatic N) is 1. The Morgan fingerprint density at radius 2 is 0.676 bits per heavy atom. The number of rotatable bonds is 46. The van der Waals surface area contributed by atoms with E-state index in [2.05, 4.69) is 27.7 Å². The molecule has 1 aliphatic heterocycles. The van der Waals surface area contributed by atoms with E-state index in [-0.39, 0.29) is 103 Å². The smallest absolute Gasteiger partial charge is 0.410 e. The van der Waals surface area contributed by atoms with Crippen LogP contribution in [0.4, 0.5) is 4.79 Å². The van der Waals surface area contributed by atoms with Crippen molar-refractivity contribution in [1.29, 1.82) is 0 Å². The highest BCUT2D eigenvalue weighted by molar-refractivity contribution is 5.74. The SMILES string of the molecule is CC.CC.CCCCCCCCOC(=O)CC(COC(=O)CCCCCCCC)CC(=O)OCC1CC(COC(=O)CC(COC(=O)CCCCCCCC)COC(=O)CCCCCCCC)N1C(=O)OCCC. The van der Waals surface area contributed by atoms with Gasteiger partial charge in [0.05, 0.1) is 64.4 Å². The highest BCUT2D eigenvalue weighted by Gasteiger charge is 2.44. The van der Waals surface area contributed by atoms with Crippen molar-refractivity contribution in [1.82, 2.24) is 4.90 Å². The summed E-state index contributed by atoms with van der Waals surface area (Å²) in [6, 6.07) is -1.11. The topological polar surface area (TPSA) is 187 Å². The van der Waals surface area contributed by atoms with Gasteiger partial charge in [0.15, 0.2) is 0 Å². The number of hydrogen-bond acceptors (Lipinski definition) is 14. The van der Waals surface area contributed by atoms with Crippen LogP contribution in [0.25, 0.3) is 0 Å². The van der Waals surface area contributed by atoms with E-state index in [1.807, 2.05) is 34.6 Å². The minimum Gasteiger partial charge on any atom is -0.466 e. The first-order valence-electron chi connectivity index (χ1n) is 29.9. The molecule has 1 fully saturated rings. The van der Waals surface area contributed by atoms with E-state index in [9.17, 15) is 33.6 Å². The predicted molar refractivity (Wildman–Crippen MR) is 292 cm³/mol. The Morgan fingerprint density at radius 3 is 1.05 bits per heavy atom. The van der Waals surface area contributed by atoms with Crippen molar-refractivity contribution in [2.24, 2.45) is 11.8 Å². The average Bonchev–Trinajstić information content (AvgIpc) is 3.39. The molecule has 1 aliphatic rings. The highest BCUT2D eigenvalue weighted by Crippen LogP contribution is 2.28. The van der Waals surface area contributed by atoms with Crippen LogP contribution >= 0.6 is 0 Å². The van der Waals surface area contributed by atoms with Gasteiger partial charge in [-0.25, -0.2) is 4.79 Å². The molecule has 0 N–H and O–H groups in total. The zero-order chi connectivity index (χ0) is 55.5. The van der Waals surface area contributed by atoms with Crippen LogP contribution in [0.1, 0.15) is 268 Å². The summed E-state index contributed by atoms with van der Waals surface area (Å²) in [7, 11) is 0. The van der Waals surface area contributed by atoms with Crippen LogP contribution in [0.5, 0.6) is 0 Å². The van der Waals surface area contributed by atoms with E-state index in [1.165, 1.54) is 30.6 Å². The van der Waals surface area contributed by atoms with Crippen LogP contribution in [-0.2, 0) is 61.9 Å². The molecule has 1 heterocycles. The quantitative estimate of drug-likeness (QED) is 0.0318. The van der Waals surface area contributed by atoms with Crippen molar-refractivity contribution in [2.75, 3.05) is 46.2 Å². The van der Waals surface area contributed by atoms with Crippen LogP contribution in [-0.4, -0.2) is 105 Å². The molecule has 0 bridgehead atoms. The Labute approximate surface area is 450 Å². The first-order valence-corrected chi connectivity index (χ1v) is 29.9. The van der Waals surface area contributed by atoms with E-state index in [0.29, 0.717) is 32.1 Å². The molecule has 0 aromatic carbocycles. The largest absolute Gasteiger partial charge is 0.466 e. The standard InChI is InChI=1S/C55H97NO14.2C2H6/c1-6-11-15-19-23-27-31-49(57)66-40-45(36-52(60)64-35-30-26-22-18-14-9-4)37-53(61)69-43-47-39-48(56(47)55(63)65-34-10-5)44-70-54(62)38-46(41-67-50(58)32-28-24-20-16-12-7-2)42-68-51(59)33-29-25-21-17-13-8-3;2*1-2/h45-48H,6-44H2,1-5H3;2*1-2H3. The lowest BCUT2D eigenvalue weighted by Gasteiger charge is -2.46. The second-order valence-corrected chi connectivity index (χ2v) is 19.4. The van der Waals surface area contributed by atoms with Gasteiger partial charge in [-0.1, -0.05) is 191 Å². The molecule has 1 amide bonds. The summed E-state index contributed by atoms with van der Waals surface area (Å²) in [5, 5.41) is 0. The van der Waals surface area contributed by atoms with Gasteiger partial charge in [-0.2, -0.15) is 0 Å². The number of unbranched alkanes of at least 4 members (excludes halogenated alkanes) is 20. The minimum absolute atomic E-state index is 0.108. The molecule has 15 heteroatoms. The molecular weight excluding hydrogens is 947 g/mol. The number of carbonyl (C=O) groups is 7. The van der Waals surface area contributed by atoms with E-state index >= 15 is 0 Å². The number of hydrogen-bond donors (Lipinski definition) is 0. The maximum Gasteiger partial charge on any atom is 0.410 e. The van der Waals surface area contributed by atoms with Crippen molar-refractivity contribution >= 4 is 41.9 Å². The number of carbonyl (C=O) groups excluding carboxylic acids is 7. The first kappa shape index (κ1) is 72.2. The minimum atomic E-state index is -0.659. The lowest BCUT2D eigenvalue weighted by Crippen LogP contribution is -2.62. The fourth-order valence-corrected chi connectivity index (χ4v) is 8.24. The zero-order valence-electron chi connectivity index (χ0n) is 48.5. The van der Waals surface area contributed by atoms with Crippen molar-refractivity contribution in [3.05, 3.63) is 0 Å². The summed E-state index contributed by atoms with van der Waals surface area (Å²) in [4.78, 5) is 91.8. The van der Waals surface area contributed by atoms with Gasteiger partial charge in [0.2, 0.25) is 0 Å². The third-order valence-corrected chi connectivity index (χ3v) is 12.6. The van der Waals surface area contributed by atoms with E-state index in [4.69, 9.17) is 33.2 Å². The summed E-state index contributed by atoms with van der Waals surface area (Å²) in [5.74, 6) is -4.09. The van der Waals surface area contributed by atoms with Gasteiger partial charge in [-0.3, -0.25) is 33.7 Å². The second kappa shape index (κ2) is 52.5. The molecule has 3 atom stereocenters. The van der Waals surface area contributed by atoms with Crippen molar-refractivity contribution in [3.8, 4) is 0 Å². The molecule has 74 heavy (non-hydrogen) atoms. The summed E-state index contributed by atoms with van der Waals surface area (Å²) in [6.45, 7) is 18.3. The Hall–Kier alpha value is -3.91. The molecule has 0 radical (unpaired) electrons. The van der Waals surface area contributed by atoms with Crippen molar-refractivity contribution in [3.63, 3.8) is 0 Å². The predicted octanol–water partition coefficient (Wildman–Crippen LogP) is 14.3. The third-order valence-electron chi connectivity index (χ3n) is 12.6. The molecule has 1 rings (SSSR count). The molecule has 0 aromatic rings. The maximum atomic E-state index is 13.3. The monoisotopic (exact) mass is 1060 g/mol. The summed E-state index contributed by atoms with van der Waals surface area (Å²) >= 11 is 0. The summed E-state index contributed by atoms with van der Waals surface area (Å²) in [6.07, 6.45) is 25.3. The van der Waals surface area contributed by atoms with Gasteiger partial charge >= 0.3 is 41.9 Å². The average molecular weight is 1060 g/mol. The van der Waals surface area contributed by atoms with Gasteiger partial charge < -0.3 is 33.2 Å². The second-order valence-electron chi connectivity index (χ2n) is 19.4. The molecule has 0 aliphatic carbocycles. The highest BCUT2D eigenvalue weighted by atomic mass is 16.6. The van der Waals surface area contributed by atoms with Crippen LogP contribution in [0.3, 0.4) is 0 Å². The Balaban J connectivity index is 0. The molecule has 0 spiro atoms. The number of likely N-dealkylation sites (tertiary alicyclic amines) is 1. The maximum absolute atomic E-state index is 13.3. The van der Waals surface area contributed by atoms with Gasteiger partial charge in [0.1, 0.15) is 13.2 Å². The number of amides is 1. The zero-order valence-corrected chi connectivity index (χ0v) is 48.5. The lowest BCUT2D eigenvalue weighted by molar-refractivity contribution is -0.159. The third kappa shape index (κ3) is 41.4. The van der Waals surface area contributed by atoms with Gasteiger partial charge in [-0.05, 0) is 38.5 Å². The Morgan fingerprint density at radius 1 is 0.351 bits per heavy atom. The van der Waals surface area contributed by atoms with Crippen LogP contribution in [0, 0.1) is 11.8 Å². The number of ether oxygens (including phenoxy) is 7. The summed E-state index contributed by atoms with van der Waals surface area (Å²) in [5.41, 5.74) is 0. The Bertz CT molecular complexity index is 1380. The fourth-order valence-electron chi connectivity index (χ4n) is 8.24. The van der Waals surface area contributed by atoms with Gasteiger partial charge in [-0.15, -0.1) is 0 Å². The fraction of sp³-hybridized carbons (Fsp3) is 0.881. The lowest BCUT2D eigenvalue weighted by atomic mass is 9.94. The molecule has 3 unspecified atom stereocenters. The van der Waals surface area contributed by atoms with Crippen LogP contribution in [0.2, 0.25) is 0 Å². The number of esters is 6. The van der Waals surface area contributed by atoms with E-state index in [1.54, 1.807) is 0 Å². The molecule has 0 aromatic heterocycles. The first-order chi connectivity index (χ1) is 36.0. The summed E-state index contributed by atoms with van der Waals surface area (Å²) < 4.78 is 38.8. The van der Waals surface area contributed by atoms with Crippen molar-refractivity contribution < 1.29 is 66.7 Å². The molecule has 1 saturated heterocycles. The van der Waals surface area contributed by atoms with Crippen LogP contribution in [0.15, 0.2) is 0 Å². The van der Waals surface area contributed by atoms with E-state index in [0.717, 1.165) is 109 Å². The molecule has 15 nitrogen and oxygen atoms in total. The van der Waals surface area contributed by atoms with Crippen molar-refractivity contribution in [2.45, 2.75) is 280 Å². The Kier molecular flexibility index (Phi) is 51.2.